The third-order valence-electron chi connectivity index (χ3n) is 5.13. The van der Waals surface area contributed by atoms with E-state index in [0.717, 1.165) is 36.2 Å². The van der Waals surface area contributed by atoms with E-state index in [0.29, 0.717) is 11.4 Å². The largest absolute Gasteiger partial charge is 0.497 e. The minimum atomic E-state index is -0.960. The fraction of sp³-hybridized carbons (Fsp3) is 0.261. The second-order valence-corrected chi connectivity index (χ2v) is 7.14. The van der Waals surface area contributed by atoms with Gasteiger partial charge >= 0.3 is 5.97 Å². The first-order chi connectivity index (χ1) is 14.6. The van der Waals surface area contributed by atoms with Crippen LogP contribution < -0.4 is 10.1 Å². The number of esters is 1. The van der Waals surface area contributed by atoms with Crippen molar-refractivity contribution >= 4 is 17.6 Å². The molecule has 1 heterocycles. The number of methoxy groups -OCH3 is 1. The molecule has 30 heavy (non-hydrogen) atoms. The van der Waals surface area contributed by atoms with Gasteiger partial charge in [-0.05, 0) is 62.6 Å². The summed E-state index contributed by atoms with van der Waals surface area (Å²) in [5, 5.41) is 7.25. The molecule has 0 aliphatic heterocycles. The zero-order valence-corrected chi connectivity index (χ0v) is 16.9. The lowest BCUT2D eigenvalue weighted by Gasteiger charge is -2.13. The molecule has 154 valence electrons. The van der Waals surface area contributed by atoms with Crippen LogP contribution in [-0.4, -0.2) is 34.9 Å². The predicted molar refractivity (Wildman–Crippen MR) is 112 cm³/mol. The molecule has 1 aliphatic carbocycles. The standard InChI is InChI=1S/C23H23N3O4/c1-15(22(27)24-16-11-13-18(29-2)14-12-16)30-23(28)21-19-9-6-10-20(19)26(25-21)17-7-4-3-5-8-17/h3-5,7-8,11-15H,6,9-10H2,1-2H3,(H,24,27)/t15-/m0/s1. The van der Waals surface area contributed by atoms with Crippen LogP contribution in [0.3, 0.4) is 0 Å². The molecule has 0 saturated carbocycles. The Hall–Kier alpha value is -3.61. The van der Waals surface area contributed by atoms with Crippen LogP contribution in [0.25, 0.3) is 5.69 Å². The third kappa shape index (κ3) is 3.91. The van der Waals surface area contributed by atoms with Gasteiger partial charge in [0.15, 0.2) is 11.8 Å². The number of para-hydroxylation sites is 1. The van der Waals surface area contributed by atoms with Crippen molar-refractivity contribution < 1.29 is 19.1 Å². The molecule has 0 spiro atoms. The number of rotatable bonds is 6. The van der Waals surface area contributed by atoms with E-state index >= 15 is 0 Å². The highest BCUT2D eigenvalue weighted by Gasteiger charge is 2.29. The van der Waals surface area contributed by atoms with Gasteiger partial charge in [0.1, 0.15) is 5.75 Å². The molecule has 0 radical (unpaired) electrons. The second kappa shape index (κ2) is 8.41. The van der Waals surface area contributed by atoms with E-state index in [4.69, 9.17) is 9.47 Å². The van der Waals surface area contributed by atoms with Gasteiger partial charge in [-0.1, -0.05) is 18.2 Å². The predicted octanol–water partition coefficient (Wildman–Crippen LogP) is 3.55. The Bertz CT molecular complexity index is 1060. The molecule has 1 atom stereocenters. The van der Waals surface area contributed by atoms with Crippen LogP contribution in [0.15, 0.2) is 54.6 Å². The molecule has 0 bridgehead atoms. The molecule has 0 unspecified atom stereocenters. The van der Waals surface area contributed by atoms with Crippen molar-refractivity contribution in [2.45, 2.75) is 32.3 Å². The van der Waals surface area contributed by atoms with E-state index in [2.05, 4.69) is 10.4 Å². The molecule has 1 N–H and O–H groups in total. The molecule has 7 heteroatoms. The maximum Gasteiger partial charge on any atom is 0.359 e. The molecule has 1 aromatic heterocycles. The van der Waals surface area contributed by atoms with E-state index in [1.807, 2.05) is 30.3 Å². The topological polar surface area (TPSA) is 82.4 Å². The molecule has 0 fully saturated rings. The summed E-state index contributed by atoms with van der Waals surface area (Å²) in [6.07, 6.45) is 1.64. The minimum Gasteiger partial charge on any atom is -0.497 e. The van der Waals surface area contributed by atoms with Crippen molar-refractivity contribution in [3.63, 3.8) is 0 Å². The summed E-state index contributed by atoms with van der Waals surface area (Å²) < 4.78 is 12.3. The van der Waals surface area contributed by atoms with Gasteiger partial charge in [0.25, 0.3) is 5.91 Å². The van der Waals surface area contributed by atoms with E-state index < -0.39 is 18.0 Å². The van der Waals surface area contributed by atoms with Crippen LogP contribution in [0.1, 0.15) is 35.1 Å². The first-order valence-electron chi connectivity index (χ1n) is 9.89. The zero-order chi connectivity index (χ0) is 21.1. The van der Waals surface area contributed by atoms with Crippen molar-refractivity contribution in [2.24, 2.45) is 0 Å². The Morgan fingerprint density at radius 3 is 2.50 bits per heavy atom. The Labute approximate surface area is 174 Å². The highest BCUT2D eigenvalue weighted by Crippen LogP contribution is 2.28. The maximum atomic E-state index is 12.8. The number of carbonyl (C=O) groups excluding carboxylic acids is 2. The van der Waals surface area contributed by atoms with Crippen molar-refractivity contribution in [3.8, 4) is 11.4 Å². The quantitative estimate of drug-likeness (QED) is 0.634. The van der Waals surface area contributed by atoms with E-state index in [9.17, 15) is 9.59 Å². The summed E-state index contributed by atoms with van der Waals surface area (Å²) in [5.41, 5.74) is 3.73. The number of nitrogens with one attached hydrogen (secondary N) is 1. The summed E-state index contributed by atoms with van der Waals surface area (Å²) in [5.74, 6) is -0.303. The summed E-state index contributed by atoms with van der Waals surface area (Å²) >= 11 is 0. The van der Waals surface area contributed by atoms with Crippen LogP contribution in [0, 0.1) is 0 Å². The van der Waals surface area contributed by atoms with Crippen molar-refractivity contribution in [2.75, 3.05) is 12.4 Å². The number of anilines is 1. The number of benzene rings is 2. The summed E-state index contributed by atoms with van der Waals surface area (Å²) in [7, 11) is 1.57. The van der Waals surface area contributed by atoms with Gasteiger partial charge in [-0.3, -0.25) is 4.79 Å². The Morgan fingerprint density at radius 2 is 1.80 bits per heavy atom. The summed E-state index contributed by atoms with van der Waals surface area (Å²) in [6, 6.07) is 16.6. The molecule has 0 saturated heterocycles. The van der Waals surface area contributed by atoms with E-state index in [1.165, 1.54) is 0 Å². The van der Waals surface area contributed by atoms with Gasteiger partial charge in [0, 0.05) is 16.9 Å². The third-order valence-corrected chi connectivity index (χ3v) is 5.13. The normalized spacial score (nSPS) is 13.4. The number of nitrogens with zero attached hydrogens (tertiary/aromatic N) is 2. The molecule has 1 amide bonds. The van der Waals surface area contributed by atoms with Crippen LogP contribution >= 0.6 is 0 Å². The smallest absolute Gasteiger partial charge is 0.359 e. The lowest BCUT2D eigenvalue weighted by atomic mass is 10.2. The summed E-state index contributed by atoms with van der Waals surface area (Å²) in [6.45, 7) is 1.55. The average molecular weight is 405 g/mol. The van der Waals surface area contributed by atoms with Crippen LogP contribution in [0.5, 0.6) is 5.75 Å². The number of hydrogen-bond acceptors (Lipinski definition) is 5. The second-order valence-electron chi connectivity index (χ2n) is 7.14. The first kappa shape index (κ1) is 19.7. The Morgan fingerprint density at radius 1 is 1.07 bits per heavy atom. The molecule has 3 aromatic rings. The van der Waals surface area contributed by atoms with Gasteiger partial charge in [0.05, 0.1) is 12.8 Å². The first-order valence-corrected chi connectivity index (χ1v) is 9.89. The molecular weight excluding hydrogens is 382 g/mol. The van der Waals surface area contributed by atoms with E-state index in [1.54, 1.807) is 43.0 Å². The van der Waals surface area contributed by atoms with Crippen LogP contribution in [0.2, 0.25) is 0 Å². The molecule has 7 nitrogen and oxygen atoms in total. The highest BCUT2D eigenvalue weighted by molar-refractivity contribution is 5.97. The van der Waals surface area contributed by atoms with Gasteiger partial charge in [-0.25, -0.2) is 9.48 Å². The van der Waals surface area contributed by atoms with Gasteiger partial charge in [0.2, 0.25) is 0 Å². The average Bonchev–Trinajstić information content (AvgIpc) is 3.37. The van der Waals surface area contributed by atoms with Crippen molar-refractivity contribution in [1.82, 2.24) is 9.78 Å². The number of aromatic nitrogens is 2. The van der Waals surface area contributed by atoms with Crippen LogP contribution in [-0.2, 0) is 22.4 Å². The lowest BCUT2D eigenvalue weighted by molar-refractivity contribution is -0.123. The van der Waals surface area contributed by atoms with Gasteiger partial charge in [-0.15, -0.1) is 0 Å². The maximum absolute atomic E-state index is 12.8. The Balaban J connectivity index is 1.47. The van der Waals surface area contributed by atoms with Gasteiger partial charge in [-0.2, -0.15) is 5.10 Å². The highest BCUT2D eigenvalue weighted by atomic mass is 16.5. The fourth-order valence-electron chi connectivity index (χ4n) is 3.57. The van der Waals surface area contributed by atoms with Crippen LogP contribution in [0.4, 0.5) is 5.69 Å². The molecule has 4 rings (SSSR count). The number of hydrogen-bond donors (Lipinski definition) is 1. The number of carbonyl (C=O) groups is 2. The van der Waals surface area contributed by atoms with Crippen molar-refractivity contribution in [3.05, 3.63) is 71.5 Å². The number of amides is 1. The van der Waals surface area contributed by atoms with Gasteiger partial charge < -0.3 is 14.8 Å². The molecular formula is C23H23N3O4. The summed E-state index contributed by atoms with van der Waals surface area (Å²) in [4.78, 5) is 25.3. The number of ether oxygens (including phenoxy) is 2. The number of fused-ring (bicyclic) bond motifs is 1. The van der Waals surface area contributed by atoms with Crippen molar-refractivity contribution in [1.29, 1.82) is 0 Å². The zero-order valence-electron chi connectivity index (χ0n) is 16.9. The SMILES string of the molecule is COc1ccc(NC(=O)[C@H](C)OC(=O)c2nn(-c3ccccc3)c3c2CCC3)cc1. The molecule has 2 aromatic carbocycles. The minimum absolute atomic E-state index is 0.287. The lowest BCUT2D eigenvalue weighted by Crippen LogP contribution is -2.30. The van der Waals surface area contributed by atoms with E-state index in [-0.39, 0.29) is 5.69 Å². The molecule has 1 aliphatic rings. The monoisotopic (exact) mass is 405 g/mol. The Kier molecular flexibility index (Phi) is 5.52. The fourth-order valence-corrected chi connectivity index (χ4v) is 3.57.